The molecule has 0 saturated heterocycles. The van der Waals surface area contributed by atoms with Crippen molar-refractivity contribution < 1.29 is 9.18 Å². The number of halogens is 1. The summed E-state index contributed by atoms with van der Waals surface area (Å²) < 4.78 is 16.3. The molecule has 3 rings (SSSR count). The number of aromatic nitrogens is 2. The third-order valence-electron chi connectivity index (χ3n) is 4.97. The lowest BCUT2D eigenvalue weighted by Crippen LogP contribution is -2.43. The number of hydrogen-bond donors (Lipinski definition) is 1. The van der Waals surface area contributed by atoms with Gasteiger partial charge < -0.3 is 9.88 Å². The van der Waals surface area contributed by atoms with Gasteiger partial charge in [0.2, 0.25) is 5.91 Å². The van der Waals surface area contributed by atoms with Gasteiger partial charge in [-0.25, -0.2) is 9.37 Å². The van der Waals surface area contributed by atoms with E-state index in [-0.39, 0.29) is 11.7 Å². The zero-order valence-corrected chi connectivity index (χ0v) is 13.9. The highest BCUT2D eigenvalue weighted by Gasteiger charge is 2.43. The van der Waals surface area contributed by atoms with E-state index in [4.69, 9.17) is 0 Å². The number of aryl methyl sites for hydroxylation is 1. The lowest BCUT2D eigenvalue weighted by atomic mass is 9.77. The average molecular weight is 329 g/mol. The van der Waals surface area contributed by atoms with Crippen LogP contribution in [0.5, 0.6) is 0 Å². The van der Waals surface area contributed by atoms with E-state index in [1.807, 2.05) is 16.8 Å². The van der Waals surface area contributed by atoms with Crippen molar-refractivity contribution in [3.63, 3.8) is 0 Å². The van der Waals surface area contributed by atoms with Crippen molar-refractivity contribution in [3.05, 3.63) is 54.4 Å². The molecule has 24 heavy (non-hydrogen) atoms. The SMILES string of the molecule is O=C(NCCCCn1ccnc1)C1(c2ccccc2F)CCCC1. The normalized spacial score (nSPS) is 16.2. The molecule has 1 aliphatic rings. The molecule has 2 aromatic rings. The minimum absolute atomic E-state index is 0.0206. The second-order valence-electron chi connectivity index (χ2n) is 6.53. The number of imidazole rings is 1. The number of nitrogens with one attached hydrogen (secondary N) is 1. The summed E-state index contributed by atoms with van der Waals surface area (Å²) in [5, 5.41) is 3.04. The fraction of sp³-hybridized carbons (Fsp3) is 0.474. The van der Waals surface area contributed by atoms with Crippen LogP contribution in [0.1, 0.15) is 44.1 Å². The van der Waals surface area contributed by atoms with Crippen LogP contribution in [0.3, 0.4) is 0 Å². The fourth-order valence-corrected chi connectivity index (χ4v) is 3.66. The second kappa shape index (κ2) is 7.60. The number of carbonyl (C=O) groups excluding carboxylic acids is 1. The highest BCUT2D eigenvalue weighted by Crippen LogP contribution is 2.42. The second-order valence-corrected chi connectivity index (χ2v) is 6.53. The van der Waals surface area contributed by atoms with Gasteiger partial charge in [0.1, 0.15) is 5.82 Å². The predicted molar refractivity (Wildman–Crippen MR) is 91.0 cm³/mol. The molecular formula is C19H24FN3O. The van der Waals surface area contributed by atoms with E-state index in [0.717, 1.165) is 45.1 Å². The Kier molecular flexibility index (Phi) is 5.28. The molecular weight excluding hydrogens is 305 g/mol. The van der Waals surface area contributed by atoms with Crippen LogP contribution in [-0.2, 0) is 16.8 Å². The van der Waals surface area contributed by atoms with Crippen LogP contribution >= 0.6 is 0 Å². The Morgan fingerprint density at radius 2 is 2.04 bits per heavy atom. The third kappa shape index (κ3) is 3.50. The smallest absolute Gasteiger partial charge is 0.230 e. The maximum Gasteiger partial charge on any atom is 0.230 e. The van der Waals surface area contributed by atoms with Gasteiger partial charge in [0.25, 0.3) is 0 Å². The molecule has 1 amide bonds. The zero-order valence-electron chi connectivity index (χ0n) is 13.9. The Labute approximate surface area is 142 Å². The highest BCUT2D eigenvalue weighted by molar-refractivity contribution is 5.88. The molecule has 1 aromatic heterocycles. The van der Waals surface area contributed by atoms with Gasteiger partial charge in [0.15, 0.2) is 0 Å². The first-order chi connectivity index (χ1) is 11.7. The summed E-state index contributed by atoms with van der Waals surface area (Å²) in [5.74, 6) is -0.289. The van der Waals surface area contributed by atoms with Crippen molar-refractivity contribution in [2.24, 2.45) is 0 Å². The third-order valence-corrected chi connectivity index (χ3v) is 4.97. The van der Waals surface area contributed by atoms with Crippen molar-refractivity contribution in [2.75, 3.05) is 6.54 Å². The van der Waals surface area contributed by atoms with E-state index in [1.54, 1.807) is 24.7 Å². The summed E-state index contributed by atoms with van der Waals surface area (Å²) >= 11 is 0. The van der Waals surface area contributed by atoms with E-state index in [1.165, 1.54) is 6.07 Å². The topological polar surface area (TPSA) is 46.9 Å². The summed E-state index contributed by atoms with van der Waals surface area (Å²) in [4.78, 5) is 16.8. The predicted octanol–water partition coefficient (Wildman–Crippen LogP) is 3.43. The molecule has 0 spiro atoms. The Bertz CT molecular complexity index is 663. The molecule has 5 heteroatoms. The molecule has 0 aliphatic heterocycles. The van der Waals surface area contributed by atoms with E-state index >= 15 is 0 Å². The van der Waals surface area contributed by atoms with E-state index in [9.17, 15) is 9.18 Å². The zero-order chi connectivity index (χ0) is 16.8. The van der Waals surface area contributed by atoms with Crippen LogP contribution in [-0.4, -0.2) is 22.0 Å². The van der Waals surface area contributed by atoms with E-state index in [2.05, 4.69) is 10.3 Å². The van der Waals surface area contributed by atoms with Gasteiger partial charge in [-0.1, -0.05) is 31.0 Å². The molecule has 1 heterocycles. The number of unbranched alkanes of at least 4 members (excludes halogenated alkanes) is 1. The molecule has 0 atom stereocenters. The highest BCUT2D eigenvalue weighted by atomic mass is 19.1. The summed E-state index contributed by atoms with van der Waals surface area (Å²) in [6, 6.07) is 6.71. The van der Waals surface area contributed by atoms with E-state index < -0.39 is 5.41 Å². The molecule has 1 aromatic carbocycles. The standard InChI is InChI=1S/C19H24FN3O/c20-17-8-2-1-7-16(17)19(9-3-4-10-19)18(24)22-11-5-6-13-23-14-12-21-15-23/h1-2,7-8,12,14-15H,3-6,9-11,13H2,(H,22,24). The van der Waals surface area contributed by atoms with Gasteiger partial charge in [-0.2, -0.15) is 0 Å². The summed E-state index contributed by atoms with van der Waals surface area (Å²) in [5.41, 5.74) is -0.131. The van der Waals surface area contributed by atoms with Crippen LogP contribution in [0.4, 0.5) is 4.39 Å². The van der Waals surface area contributed by atoms with Crippen molar-refractivity contribution in [1.82, 2.24) is 14.9 Å². The lowest BCUT2D eigenvalue weighted by Gasteiger charge is -2.28. The molecule has 0 unspecified atom stereocenters. The number of nitrogens with zero attached hydrogens (tertiary/aromatic N) is 2. The molecule has 0 bridgehead atoms. The molecule has 0 radical (unpaired) electrons. The van der Waals surface area contributed by atoms with Crippen LogP contribution in [0.2, 0.25) is 0 Å². The quantitative estimate of drug-likeness (QED) is 0.791. The van der Waals surface area contributed by atoms with E-state index in [0.29, 0.717) is 12.1 Å². The Morgan fingerprint density at radius 3 is 2.75 bits per heavy atom. The first-order valence-corrected chi connectivity index (χ1v) is 8.71. The minimum atomic E-state index is -0.685. The van der Waals surface area contributed by atoms with Crippen LogP contribution in [0.15, 0.2) is 43.0 Å². The number of rotatable bonds is 7. The number of hydrogen-bond acceptors (Lipinski definition) is 2. The van der Waals surface area contributed by atoms with Gasteiger partial charge in [-0.05, 0) is 31.7 Å². The molecule has 128 valence electrons. The number of benzene rings is 1. The Balaban J connectivity index is 1.56. The maximum absolute atomic E-state index is 14.3. The lowest BCUT2D eigenvalue weighted by molar-refractivity contribution is -0.126. The monoisotopic (exact) mass is 329 g/mol. The van der Waals surface area contributed by atoms with Gasteiger partial charge in [-0.15, -0.1) is 0 Å². The first-order valence-electron chi connectivity index (χ1n) is 8.71. The van der Waals surface area contributed by atoms with Crippen molar-refractivity contribution in [2.45, 2.75) is 50.5 Å². The van der Waals surface area contributed by atoms with Crippen LogP contribution in [0, 0.1) is 5.82 Å². The van der Waals surface area contributed by atoms with Gasteiger partial charge in [0, 0.05) is 31.0 Å². The van der Waals surface area contributed by atoms with Crippen molar-refractivity contribution >= 4 is 5.91 Å². The van der Waals surface area contributed by atoms with Crippen LogP contribution < -0.4 is 5.32 Å². The Morgan fingerprint density at radius 1 is 1.25 bits per heavy atom. The van der Waals surface area contributed by atoms with Gasteiger partial charge in [-0.3, -0.25) is 4.79 Å². The fourth-order valence-electron chi connectivity index (χ4n) is 3.66. The molecule has 4 nitrogen and oxygen atoms in total. The molecule has 1 N–H and O–H groups in total. The molecule has 1 aliphatic carbocycles. The number of amides is 1. The van der Waals surface area contributed by atoms with Crippen LogP contribution in [0.25, 0.3) is 0 Å². The largest absolute Gasteiger partial charge is 0.355 e. The summed E-state index contributed by atoms with van der Waals surface area (Å²) in [6.45, 7) is 1.53. The van der Waals surface area contributed by atoms with Gasteiger partial charge in [0.05, 0.1) is 11.7 Å². The number of carbonyl (C=O) groups is 1. The average Bonchev–Trinajstić information content (AvgIpc) is 3.27. The molecule has 1 saturated carbocycles. The van der Waals surface area contributed by atoms with Crippen molar-refractivity contribution in [3.8, 4) is 0 Å². The maximum atomic E-state index is 14.3. The van der Waals surface area contributed by atoms with Crippen molar-refractivity contribution in [1.29, 1.82) is 0 Å². The minimum Gasteiger partial charge on any atom is -0.355 e. The summed E-state index contributed by atoms with van der Waals surface area (Å²) in [7, 11) is 0. The first kappa shape index (κ1) is 16.7. The molecule has 1 fully saturated rings. The Hall–Kier alpha value is -2.17. The summed E-state index contributed by atoms with van der Waals surface area (Å²) in [6.07, 6.45) is 10.8. The van der Waals surface area contributed by atoms with Gasteiger partial charge >= 0.3 is 0 Å².